The summed E-state index contributed by atoms with van der Waals surface area (Å²) in [4.78, 5) is 24.1. The number of carbonyl (C=O) groups is 2. The Hall–Kier alpha value is -3.09. The quantitative estimate of drug-likeness (QED) is 0.735. The first-order chi connectivity index (χ1) is 13.7. The minimum atomic E-state index is -0.603. The molecule has 0 aliphatic rings. The van der Waals surface area contributed by atoms with Gasteiger partial charge in [0.25, 0.3) is 0 Å². The summed E-state index contributed by atoms with van der Waals surface area (Å²) in [6.45, 7) is 5.43. The minimum Gasteiger partial charge on any atom is -0.497 e. The van der Waals surface area contributed by atoms with Crippen molar-refractivity contribution in [2.24, 2.45) is 0 Å². The molecule has 0 fully saturated rings. The van der Waals surface area contributed by atoms with Crippen LogP contribution in [0.3, 0.4) is 0 Å². The largest absolute Gasteiger partial charge is 0.497 e. The molecule has 6 nitrogen and oxygen atoms in total. The van der Waals surface area contributed by atoms with Crippen molar-refractivity contribution in [3.8, 4) is 5.75 Å². The molecule has 156 valence electrons. The number of halogens is 1. The van der Waals surface area contributed by atoms with Crippen LogP contribution in [0.1, 0.15) is 44.4 Å². The van der Waals surface area contributed by atoms with Gasteiger partial charge in [-0.05, 0) is 56.2 Å². The third kappa shape index (κ3) is 7.44. The fourth-order valence-electron chi connectivity index (χ4n) is 2.64. The summed E-state index contributed by atoms with van der Waals surface area (Å²) in [5.74, 6) is 0.0841. The Morgan fingerprint density at radius 2 is 1.55 bits per heavy atom. The third-order valence-corrected chi connectivity index (χ3v) is 3.98. The summed E-state index contributed by atoms with van der Waals surface area (Å²) in [6, 6.07) is 12.8. The van der Waals surface area contributed by atoms with E-state index in [4.69, 9.17) is 9.47 Å². The summed E-state index contributed by atoms with van der Waals surface area (Å²) in [5, 5.41) is 5.49. The second-order valence-corrected chi connectivity index (χ2v) is 7.50. The van der Waals surface area contributed by atoms with E-state index in [9.17, 15) is 14.0 Å². The Balaban J connectivity index is 2.04. The van der Waals surface area contributed by atoms with E-state index in [2.05, 4.69) is 10.6 Å². The number of benzene rings is 2. The zero-order valence-electron chi connectivity index (χ0n) is 17.1. The van der Waals surface area contributed by atoms with Crippen LogP contribution in [0.15, 0.2) is 48.5 Å². The number of rotatable bonds is 7. The number of alkyl carbamates (subject to hydrolysis) is 1. The molecule has 7 heteroatoms. The molecular formula is C22H27FN2O4. The molecule has 0 aliphatic carbocycles. The van der Waals surface area contributed by atoms with Crippen molar-refractivity contribution in [2.75, 3.05) is 13.7 Å². The number of hydrogen-bond donors (Lipinski definition) is 2. The van der Waals surface area contributed by atoms with Crippen LogP contribution in [0, 0.1) is 5.82 Å². The van der Waals surface area contributed by atoms with Crippen LogP contribution >= 0.6 is 0 Å². The minimum absolute atomic E-state index is 0.0765. The lowest BCUT2D eigenvalue weighted by atomic mass is 9.98. The molecule has 0 heterocycles. The maximum atomic E-state index is 13.3. The lowest BCUT2D eigenvalue weighted by molar-refractivity contribution is -0.121. The van der Waals surface area contributed by atoms with Gasteiger partial charge in [-0.25, -0.2) is 9.18 Å². The van der Waals surface area contributed by atoms with Crippen molar-refractivity contribution in [2.45, 2.75) is 38.8 Å². The molecule has 2 aromatic carbocycles. The van der Waals surface area contributed by atoms with E-state index in [-0.39, 0.29) is 24.7 Å². The average Bonchev–Trinajstić information content (AvgIpc) is 2.65. The SMILES string of the molecule is COc1ccc(C(NC(=O)CCNC(=O)OC(C)(C)C)c2ccc(F)cc2)cc1. The van der Waals surface area contributed by atoms with Crippen molar-refractivity contribution in [3.63, 3.8) is 0 Å². The van der Waals surface area contributed by atoms with Crippen molar-refractivity contribution in [3.05, 3.63) is 65.5 Å². The molecule has 2 aromatic rings. The molecule has 0 bridgehead atoms. The van der Waals surface area contributed by atoms with Crippen LogP contribution in [0.25, 0.3) is 0 Å². The second kappa shape index (κ2) is 9.91. The van der Waals surface area contributed by atoms with E-state index < -0.39 is 17.7 Å². The van der Waals surface area contributed by atoms with Gasteiger partial charge in [0, 0.05) is 13.0 Å². The van der Waals surface area contributed by atoms with Crippen molar-refractivity contribution in [1.29, 1.82) is 0 Å². The molecule has 1 atom stereocenters. The molecule has 0 saturated carbocycles. The fraction of sp³-hybridized carbons (Fsp3) is 0.364. The first-order valence-corrected chi connectivity index (χ1v) is 9.33. The van der Waals surface area contributed by atoms with Crippen LogP contribution in [0.5, 0.6) is 5.75 Å². The van der Waals surface area contributed by atoms with Crippen molar-refractivity contribution < 1.29 is 23.5 Å². The van der Waals surface area contributed by atoms with E-state index in [0.29, 0.717) is 5.75 Å². The van der Waals surface area contributed by atoms with Crippen molar-refractivity contribution in [1.82, 2.24) is 10.6 Å². The Labute approximate surface area is 170 Å². The lowest BCUT2D eigenvalue weighted by Gasteiger charge is -2.21. The van der Waals surface area contributed by atoms with Crippen LogP contribution in [-0.4, -0.2) is 31.3 Å². The van der Waals surface area contributed by atoms with E-state index >= 15 is 0 Å². The zero-order valence-corrected chi connectivity index (χ0v) is 17.1. The summed E-state index contributed by atoms with van der Waals surface area (Å²) in [5.41, 5.74) is 0.963. The third-order valence-electron chi connectivity index (χ3n) is 3.98. The summed E-state index contributed by atoms with van der Waals surface area (Å²) >= 11 is 0. The normalized spacial score (nSPS) is 12.0. The van der Waals surface area contributed by atoms with E-state index in [1.165, 1.54) is 12.1 Å². The van der Waals surface area contributed by atoms with Gasteiger partial charge in [0.15, 0.2) is 0 Å². The maximum Gasteiger partial charge on any atom is 0.407 e. The van der Waals surface area contributed by atoms with Crippen molar-refractivity contribution >= 4 is 12.0 Å². The summed E-state index contributed by atoms with van der Waals surface area (Å²) in [6.07, 6.45) is -0.497. The summed E-state index contributed by atoms with van der Waals surface area (Å²) in [7, 11) is 1.58. The first-order valence-electron chi connectivity index (χ1n) is 9.33. The highest BCUT2D eigenvalue weighted by atomic mass is 19.1. The molecule has 29 heavy (non-hydrogen) atoms. The van der Waals surface area contributed by atoms with Gasteiger partial charge in [0.1, 0.15) is 17.2 Å². The Kier molecular flexibility index (Phi) is 7.59. The molecule has 0 aromatic heterocycles. The molecule has 0 radical (unpaired) electrons. The molecule has 2 N–H and O–H groups in total. The number of hydrogen-bond acceptors (Lipinski definition) is 4. The fourth-order valence-corrected chi connectivity index (χ4v) is 2.64. The van der Waals surface area contributed by atoms with Gasteiger partial charge in [-0.15, -0.1) is 0 Å². The highest BCUT2D eigenvalue weighted by Gasteiger charge is 2.19. The smallest absolute Gasteiger partial charge is 0.407 e. The number of nitrogens with one attached hydrogen (secondary N) is 2. The van der Waals surface area contributed by atoms with Gasteiger partial charge in [-0.1, -0.05) is 24.3 Å². The monoisotopic (exact) mass is 402 g/mol. The van der Waals surface area contributed by atoms with E-state index in [1.807, 2.05) is 12.1 Å². The predicted molar refractivity (Wildman–Crippen MR) is 108 cm³/mol. The number of methoxy groups -OCH3 is 1. The highest BCUT2D eigenvalue weighted by Crippen LogP contribution is 2.24. The molecule has 0 spiro atoms. The molecule has 2 rings (SSSR count). The van der Waals surface area contributed by atoms with Crippen LogP contribution in [0.4, 0.5) is 9.18 Å². The van der Waals surface area contributed by atoms with Gasteiger partial charge in [-0.2, -0.15) is 0 Å². The molecule has 1 unspecified atom stereocenters. The molecule has 0 saturated heterocycles. The van der Waals surface area contributed by atoms with E-state index in [1.54, 1.807) is 52.1 Å². The molecular weight excluding hydrogens is 375 g/mol. The highest BCUT2D eigenvalue weighted by molar-refractivity contribution is 5.78. The number of amides is 2. The number of ether oxygens (including phenoxy) is 2. The van der Waals surface area contributed by atoms with Gasteiger partial charge >= 0.3 is 6.09 Å². The lowest BCUT2D eigenvalue weighted by Crippen LogP contribution is -2.36. The summed E-state index contributed by atoms with van der Waals surface area (Å²) < 4.78 is 23.6. The average molecular weight is 402 g/mol. The predicted octanol–water partition coefficient (Wildman–Crippen LogP) is 3.95. The topological polar surface area (TPSA) is 76.7 Å². The molecule has 0 aliphatic heterocycles. The van der Waals surface area contributed by atoms with Crippen LogP contribution in [0.2, 0.25) is 0 Å². The van der Waals surface area contributed by atoms with Crippen LogP contribution < -0.4 is 15.4 Å². The van der Waals surface area contributed by atoms with E-state index in [0.717, 1.165) is 11.1 Å². The first kappa shape index (κ1) is 22.2. The Bertz CT molecular complexity index is 814. The zero-order chi connectivity index (χ0) is 21.4. The Morgan fingerprint density at radius 1 is 1.00 bits per heavy atom. The second-order valence-electron chi connectivity index (χ2n) is 7.50. The Morgan fingerprint density at radius 3 is 2.07 bits per heavy atom. The molecule has 2 amide bonds. The van der Waals surface area contributed by atoms with Gasteiger partial charge in [0.2, 0.25) is 5.91 Å². The van der Waals surface area contributed by atoms with Gasteiger partial charge < -0.3 is 20.1 Å². The van der Waals surface area contributed by atoms with Gasteiger partial charge in [-0.3, -0.25) is 4.79 Å². The van der Waals surface area contributed by atoms with Crippen LogP contribution in [-0.2, 0) is 9.53 Å². The number of carbonyl (C=O) groups excluding carboxylic acids is 2. The standard InChI is InChI=1S/C22H27FN2O4/c1-22(2,3)29-21(27)24-14-13-19(26)25-20(15-5-9-17(23)10-6-15)16-7-11-18(28-4)12-8-16/h5-12,20H,13-14H2,1-4H3,(H,24,27)(H,25,26). The maximum absolute atomic E-state index is 13.3. The van der Waals surface area contributed by atoms with Gasteiger partial charge in [0.05, 0.1) is 13.2 Å².